The van der Waals surface area contributed by atoms with E-state index in [0.29, 0.717) is 18.2 Å². The first-order chi connectivity index (χ1) is 12.6. The van der Waals surface area contributed by atoms with Crippen molar-refractivity contribution in [3.8, 4) is 11.5 Å². The highest BCUT2D eigenvalue weighted by atomic mass is 35.5. The number of carbonyl (C=O) groups excluding carboxylic acids is 1. The van der Waals surface area contributed by atoms with Crippen LogP contribution in [0.3, 0.4) is 0 Å². The molecule has 0 radical (unpaired) electrons. The first kappa shape index (κ1) is 22.2. The zero-order chi connectivity index (χ0) is 18.7. The molecular weight excluding hydrogens is 384 g/mol. The number of nitrogens with zero attached hydrogens (tertiary/aromatic N) is 1. The van der Waals surface area contributed by atoms with Gasteiger partial charge in [0, 0.05) is 25.0 Å². The Hall–Kier alpha value is -1.11. The van der Waals surface area contributed by atoms with Crippen LogP contribution in [0.25, 0.3) is 0 Å². The van der Waals surface area contributed by atoms with Gasteiger partial charge >= 0.3 is 0 Å². The van der Waals surface area contributed by atoms with Gasteiger partial charge in [-0.3, -0.25) is 4.79 Å². The number of benzene rings is 1. The summed E-state index contributed by atoms with van der Waals surface area (Å²) in [7, 11) is 5.22. The van der Waals surface area contributed by atoms with E-state index in [2.05, 4.69) is 5.32 Å². The van der Waals surface area contributed by atoms with Gasteiger partial charge in [0.2, 0.25) is 5.91 Å². The van der Waals surface area contributed by atoms with Crippen LogP contribution in [0.5, 0.6) is 11.5 Å². The molecule has 1 aromatic rings. The summed E-state index contributed by atoms with van der Waals surface area (Å²) >= 11 is 1.67. The molecule has 27 heavy (non-hydrogen) atoms. The maximum atomic E-state index is 13.4. The molecule has 0 unspecified atom stereocenters. The predicted molar refractivity (Wildman–Crippen MR) is 112 cm³/mol. The van der Waals surface area contributed by atoms with Crippen LogP contribution in [0.2, 0.25) is 0 Å². The van der Waals surface area contributed by atoms with Crippen molar-refractivity contribution in [3.63, 3.8) is 0 Å². The number of hydrogen-bond donors (Lipinski definition) is 1. The Bertz CT molecular complexity index is 673. The maximum Gasteiger partial charge on any atom is 0.230 e. The lowest BCUT2D eigenvalue weighted by atomic mass is 9.67. The molecule has 152 valence electrons. The number of hydrogen-bond acceptors (Lipinski definition) is 5. The number of amides is 1. The molecule has 0 bridgehead atoms. The summed E-state index contributed by atoms with van der Waals surface area (Å²) in [6.07, 6.45) is 6.62. The van der Waals surface area contributed by atoms with Crippen LogP contribution in [0.15, 0.2) is 17.0 Å². The Balaban J connectivity index is 0.00000261. The van der Waals surface area contributed by atoms with Crippen molar-refractivity contribution in [1.29, 1.82) is 0 Å². The molecule has 0 aromatic heterocycles. The summed E-state index contributed by atoms with van der Waals surface area (Å²) in [5.74, 6) is 2.20. The predicted octanol–water partition coefficient (Wildman–Crippen LogP) is 3.59. The van der Waals surface area contributed by atoms with Crippen molar-refractivity contribution in [2.45, 2.75) is 37.1 Å². The molecular formula is C20H31ClN2O3S. The number of fused-ring (bicyclic) bond motifs is 1. The Morgan fingerprint density at radius 2 is 2.00 bits per heavy atom. The fourth-order valence-corrected chi connectivity index (χ4v) is 5.20. The van der Waals surface area contributed by atoms with Crippen molar-refractivity contribution in [2.24, 2.45) is 11.3 Å². The minimum absolute atomic E-state index is 0. The summed E-state index contributed by atoms with van der Waals surface area (Å²) in [5.41, 5.74) is 0.893. The van der Waals surface area contributed by atoms with Gasteiger partial charge in [-0.1, -0.05) is 12.8 Å². The number of nitrogens with one attached hydrogen (secondary N) is 1. The lowest BCUT2D eigenvalue weighted by molar-refractivity contribution is -0.144. The van der Waals surface area contributed by atoms with Crippen LogP contribution in [-0.4, -0.2) is 51.4 Å². The van der Waals surface area contributed by atoms with Crippen molar-refractivity contribution in [2.75, 3.05) is 40.6 Å². The van der Waals surface area contributed by atoms with Crippen molar-refractivity contribution in [1.82, 2.24) is 10.2 Å². The Morgan fingerprint density at radius 1 is 1.30 bits per heavy atom. The number of ether oxygens (including phenoxy) is 2. The van der Waals surface area contributed by atoms with Crippen molar-refractivity contribution >= 4 is 30.1 Å². The zero-order valence-electron chi connectivity index (χ0n) is 16.7. The Morgan fingerprint density at radius 3 is 2.67 bits per heavy atom. The van der Waals surface area contributed by atoms with Crippen LogP contribution in [0, 0.1) is 11.3 Å². The Labute approximate surface area is 173 Å². The SMILES string of the molecule is COc1cc(CN(C)C(=O)[C@@]23CCCC[C@H]2CNC3)c(SC)cc1OC.Cl. The van der Waals surface area contributed by atoms with E-state index in [1.165, 1.54) is 12.8 Å². The minimum Gasteiger partial charge on any atom is -0.493 e. The van der Waals surface area contributed by atoms with Crippen LogP contribution < -0.4 is 14.8 Å². The third-order valence-corrected chi connectivity index (χ3v) is 6.82. The number of carbonyl (C=O) groups is 1. The zero-order valence-corrected chi connectivity index (χ0v) is 18.3. The van der Waals surface area contributed by atoms with E-state index in [1.807, 2.05) is 30.3 Å². The van der Waals surface area contributed by atoms with Crippen LogP contribution in [0.4, 0.5) is 0 Å². The molecule has 1 saturated heterocycles. The standard InChI is InChI=1S/C20H30N2O3S.ClH/c1-22(19(23)20-8-6-5-7-15(20)11-21-13-20)12-14-9-16(24-2)17(25-3)10-18(14)26-4;/h9-10,15,21H,5-8,11-13H2,1-4H3;1H/t15-,20+;/m0./s1. The number of halogens is 1. The summed E-state index contributed by atoms with van der Waals surface area (Å²) in [4.78, 5) is 16.4. The molecule has 2 fully saturated rings. The normalized spacial score (nSPS) is 23.9. The van der Waals surface area contributed by atoms with Crippen LogP contribution in [0.1, 0.15) is 31.2 Å². The summed E-state index contributed by atoms with van der Waals surface area (Å²) in [5, 5.41) is 3.47. The summed E-state index contributed by atoms with van der Waals surface area (Å²) in [6.45, 7) is 2.39. The second-order valence-corrected chi connectivity index (χ2v) is 8.26. The van der Waals surface area contributed by atoms with Gasteiger partial charge in [-0.05, 0) is 49.3 Å². The smallest absolute Gasteiger partial charge is 0.230 e. The van der Waals surface area contributed by atoms with E-state index in [0.717, 1.165) is 42.1 Å². The van der Waals surface area contributed by atoms with Crippen LogP contribution in [-0.2, 0) is 11.3 Å². The second kappa shape index (κ2) is 9.39. The highest BCUT2D eigenvalue weighted by Crippen LogP contribution is 2.45. The van der Waals surface area contributed by atoms with Crippen LogP contribution >= 0.6 is 24.2 Å². The monoisotopic (exact) mass is 414 g/mol. The lowest BCUT2D eigenvalue weighted by Crippen LogP contribution is -2.48. The minimum atomic E-state index is -0.205. The second-order valence-electron chi connectivity index (χ2n) is 7.41. The van der Waals surface area contributed by atoms with E-state index >= 15 is 0 Å². The van der Waals surface area contributed by atoms with E-state index < -0.39 is 0 Å². The molecule has 1 aromatic carbocycles. The van der Waals surface area contributed by atoms with Gasteiger partial charge < -0.3 is 19.7 Å². The molecule has 5 nitrogen and oxygen atoms in total. The molecule has 1 aliphatic heterocycles. The van der Waals surface area contributed by atoms with Crippen molar-refractivity contribution in [3.05, 3.63) is 17.7 Å². The highest BCUT2D eigenvalue weighted by molar-refractivity contribution is 7.98. The Kier molecular flexibility index (Phi) is 7.72. The number of thioether (sulfide) groups is 1. The average molecular weight is 415 g/mol. The number of methoxy groups -OCH3 is 2. The van der Waals surface area contributed by atoms with Gasteiger partial charge in [0.15, 0.2) is 11.5 Å². The fraction of sp³-hybridized carbons (Fsp3) is 0.650. The molecule has 2 aliphatic rings. The molecule has 1 heterocycles. The molecule has 1 amide bonds. The summed E-state index contributed by atoms with van der Waals surface area (Å²) < 4.78 is 10.9. The van der Waals surface area contributed by atoms with Gasteiger partial charge in [-0.15, -0.1) is 24.2 Å². The van der Waals surface area contributed by atoms with Gasteiger partial charge in [0.05, 0.1) is 19.6 Å². The highest BCUT2D eigenvalue weighted by Gasteiger charge is 2.50. The molecule has 1 saturated carbocycles. The fourth-order valence-electron chi connectivity index (χ4n) is 4.59. The summed E-state index contributed by atoms with van der Waals surface area (Å²) in [6, 6.07) is 3.99. The van der Waals surface area contributed by atoms with E-state index in [-0.39, 0.29) is 23.7 Å². The molecule has 1 N–H and O–H groups in total. The lowest BCUT2D eigenvalue weighted by Gasteiger charge is -2.40. The quantitative estimate of drug-likeness (QED) is 0.721. The molecule has 3 rings (SSSR count). The van der Waals surface area contributed by atoms with Gasteiger partial charge in [0.1, 0.15) is 0 Å². The third kappa shape index (κ3) is 4.17. The largest absolute Gasteiger partial charge is 0.493 e. The van der Waals surface area contributed by atoms with E-state index in [9.17, 15) is 4.79 Å². The van der Waals surface area contributed by atoms with E-state index in [1.54, 1.807) is 26.0 Å². The maximum absolute atomic E-state index is 13.4. The molecule has 2 atom stereocenters. The molecule has 0 spiro atoms. The van der Waals surface area contributed by atoms with Crippen molar-refractivity contribution < 1.29 is 14.3 Å². The van der Waals surface area contributed by atoms with Gasteiger partial charge in [-0.25, -0.2) is 0 Å². The molecule has 7 heteroatoms. The first-order valence-electron chi connectivity index (χ1n) is 9.31. The van der Waals surface area contributed by atoms with Gasteiger partial charge in [-0.2, -0.15) is 0 Å². The molecule has 1 aliphatic carbocycles. The topological polar surface area (TPSA) is 50.8 Å². The average Bonchev–Trinajstić information content (AvgIpc) is 3.12. The number of rotatable bonds is 6. The third-order valence-electron chi connectivity index (χ3n) is 6.00. The first-order valence-corrected chi connectivity index (χ1v) is 10.5. The van der Waals surface area contributed by atoms with Gasteiger partial charge in [0.25, 0.3) is 0 Å². The van der Waals surface area contributed by atoms with E-state index in [4.69, 9.17) is 9.47 Å².